The molecule has 0 spiro atoms. The van der Waals surface area contributed by atoms with Crippen LogP contribution in [-0.4, -0.2) is 38.0 Å². The van der Waals surface area contributed by atoms with E-state index in [2.05, 4.69) is 21.8 Å². The summed E-state index contributed by atoms with van der Waals surface area (Å²) >= 11 is 0. The van der Waals surface area contributed by atoms with Crippen LogP contribution in [0.25, 0.3) is 0 Å². The molecule has 0 saturated heterocycles. The molecular weight excluding hydrogens is 392 g/mol. The summed E-state index contributed by atoms with van der Waals surface area (Å²) < 4.78 is 13.1. The molecule has 0 saturated carbocycles. The number of benzene rings is 1. The summed E-state index contributed by atoms with van der Waals surface area (Å²) in [6, 6.07) is 6.78. The third-order valence-electron chi connectivity index (χ3n) is 3.29. The van der Waals surface area contributed by atoms with Crippen LogP contribution >= 0.6 is 24.0 Å². The first-order valence-electron chi connectivity index (χ1n) is 7.44. The lowest BCUT2D eigenvalue weighted by atomic mass is 10.1. The molecule has 0 aromatic heterocycles. The summed E-state index contributed by atoms with van der Waals surface area (Å²) in [6.07, 6.45) is 5.83. The molecule has 1 rings (SSSR count). The Kier molecular flexibility index (Phi) is 11.8. The monoisotopic (exact) mass is 419 g/mol. The Labute approximate surface area is 150 Å². The zero-order valence-corrected chi connectivity index (χ0v) is 15.8. The summed E-state index contributed by atoms with van der Waals surface area (Å²) in [5, 5.41) is 3.34. The average Bonchev–Trinajstić information content (AvgIpc) is 2.47. The van der Waals surface area contributed by atoms with Crippen molar-refractivity contribution in [3.8, 4) is 0 Å². The second kappa shape index (κ2) is 12.4. The van der Waals surface area contributed by atoms with Crippen LogP contribution in [0, 0.1) is 5.82 Å². The van der Waals surface area contributed by atoms with E-state index in [0.29, 0.717) is 0 Å². The largest absolute Gasteiger partial charge is 0.356 e. The van der Waals surface area contributed by atoms with Gasteiger partial charge in [-0.2, -0.15) is 0 Å². The van der Waals surface area contributed by atoms with Gasteiger partial charge in [-0.25, -0.2) is 4.39 Å². The average molecular weight is 419 g/mol. The first kappa shape index (κ1) is 20.9. The molecule has 1 aromatic rings. The predicted octanol–water partition coefficient (Wildman–Crippen LogP) is 3.85. The molecule has 0 radical (unpaired) electrons. The van der Waals surface area contributed by atoms with E-state index in [1.54, 1.807) is 19.2 Å². The third-order valence-corrected chi connectivity index (χ3v) is 3.29. The van der Waals surface area contributed by atoms with Gasteiger partial charge >= 0.3 is 0 Å². The Balaban J connectivity index is 0.00000441. The maximum atomic E-state index is 13.1. The second-order valence-electron chi connectivity index (χ2n) is 5.06. The molecule has 0 aliphatic carbocycles. The fourth-order valence-corrected chi connectivity index (χ4v) is 2.15. The summed E-state index contributed by atoms with van der Waals surface area (Å²) in [5.74, 6) is 0.733. The summed E-state index contributed by atoms with van der Waals surface area (Å²) in [4.78, 5) is 6.39. The van der Waals surface area contributed by atoms with E-state index in [1.807, 2.05) is 19.2 Å². The minimum absolute atomic E-state index is 0. The molecule has 22 heavy (non-hydrogen) atoms. The number of guanidine groups is 1. The van der Waals surface area contributed by atoms with Gasteiger partial charge in [-0.3, -0.25) is 4.99 Å². The topological polar surface area (TPSA) is 27.6 Å². The van der Waals surface area contributed by atoms with E-state index in [9.17, 15) is 4.39 Å². The molecule has 0 atom stereocenters. The number of nitrogens with one attached hydrogen (secondary N) is 1. The van der Waals surface area contributed by atoms with Gasteiger partial charge in [-0.1, -0.05) is 18.2 Å². The lowest BCUT2D eigenvalue weighted by molar-refractivity contribution is 0.469. The van der Waals surface area contributed by atoms with Crippen LogP contribution in [0.3, 0.4) is 0 Å². The van der Waals surface area contributed by atoms with E-state index in [4.69, 9.17) is 0 Å². The number of allylic oxidation sites excluding steroid dienone is 1. The summed E-state index contributed by atoms with van der Waals surface area (Å²) in [6.45, 7) is 5.51. The fraction of sp³-hybridized carbons (Fsp3) is 0.471. The van der Waals surface area contributed by atoms with Gasteiger partial charge in [0.1, 0.15) is 5.82 Å². The molecular formula is C17H27FIN3. The summed E-state index contributed by atoms with van der Waals surface area (Å²) in [7, 11) is 3.82. The number of hydrogen-bond acceptors (Lipinski definition) is 1. The van der Waals surface area contributed by atoms with Crippen LogP contribution in [0.2, 0.25) is 0 Å². The van der Waals surface area contributed by atoms with Crippen molar-refractivity contribution in [1.82, 2.24) is 10.2 Å². The van der Waals surface area contributed by atoms with Crippen LogP contribution < -0.4 is 5.32 Å². The molecule has 0 aliphatic rings. The number of unbranched alkanes of at least 4 members (excludes halogenated alkanes) is 1. The van der Waals surface area contributed by atoms with Crippen molar-refractivity contribution in [2.24, 2.45) is 4.99 Å². The van der Waals surface area contributed by atoms with Gasteiger partial charge in [-0.05, 0) is 43.4 Å². The highest BCUT2D eigenvalue weighted by atomic mass is 127. The molecule has 3 nitrogen and oxygen atoms in total. The van der Waals surface area contributed by atoms with Crippen LogP contribution in [0.4, 0.5) is 4.39 Å². The van der Waals surface area contributed by atoms with Crippen LogP contribution in [0.5, 0.6) is 0 Å². The quantitative estimate of drug-likeness (QED) is 0.228. The molecule has 0 amide bonds. The maximum Gasteiger partial charge on any atom is 0.193 e. The van der Waals surface area contributed by atoms with Gasteiger partial charge in [0.2, 0.25) is 0 Å². The molecule has 1 N–H and O–H groups in total. The van der Waals surface area contributed by atoms with Crippen molar-refractivity contribution < 1.29 is 4.39 Å². The van der Waals surface area contributed by atoms with Gasteiger partial charge in [0, 0.05) is 27.2 Å². The van der Waals surface area contributed by atoms with E-state index in [0.717, 1.165) is 50.3 Å². The molecule has 0 bridgehead atoms. The van der Waals surface area contributed by atoms with Crippen molar-refractivity contribution in [3.63, 3.8) is 0 Å². The van der Waals surface area contributed by atoms with Gasteiger partial charge < -0.3 is 10.2 Å². The van der Waals surface area contributed by atoms with Crippen LogP contribution in [-0.2, 0) is 6.42 Å². The molecule has 5 heteroatoms. The molecule has 0 heterocycles. The molecule has 0 unspecified atom stereocenters. The Morgan fingerprint density at radius 1 is 1.41 bits per heavy atom. The van der Waals surface area contributed by atoms with Crippen molar-refractivity contribution in [3.05, 3.63) is 48.3 Å². The Hall–Kier alpha value is -1.11. The first-order chi connectivity index (χ1) is 10.2. The SMILES string of the molecule is C=CCCCN(C)C(=NC)NCCCc1cccc(F)c1.I. The minimum atomic E-state index is -0.168. The number of aryl methyl sites for hydroxylation is 1. The van der Waals surface area contributed by atoms with E-state index >= 15 is 0 Å². The summed E-state index contributed by atoms with van der Waals surface area (Å²) in [5.41, 5.74) is 1.03. The van der Waals surface area contributed by atoms with Crippen molar-refractivity contribution in [1.29, 1.82) is 0 Å². The standard InChI is InChI=1S/C17H26FN3.HI/c1-4-5-6-13-21(3)17(19-2)20-12-8-10-15-9-7-11-16(18)14-15;/h4,7,9,11,14H,1,5-6,8,10,12-13H2,2-3H3,(H,19,20);1H. The number of nitrogens with zero attached hydrogens (tertiary/aromatic N) is 2. The molecule has 0 aliphatic heterocycles. The van der Waals surface area contributed by atoms with E-state index in [1.165, 1.54) is 6.07 Å². The van der Waals surface area contributed by atoms with E-state index < -0.39 is 0 Å². The second-order valence-corrected chi connectivity index (χ2v) is 5.06. The van der Waals surface area contributed by atoms with Gasteiger partial charge in [-0.15, -0.1) is 30.6 Å². The normalized spacial score (nSPS) is 10.8. The van der Waals surface area contributed by atoms with Gasteiger partial charge in [0.25, 0.3) is 0 Å². The lowest BCUT2D eigenvalue weighted by Crippen LogP contribution is -2.39. The smallest absolute Gasteiger partial charge is 0.193 e. The van der Waals surface area contributed by atoms with Gasteiger partial charge in [0.15, 0.2) is 5.96 Å². The zero-order chi connectivity index (χ0) is 15.5. The fourth-order valence-electron chi connectivity index (χ4n) is 2.15. The maximum absolute atomic E-state index is 13.1. The molecule has 0 fully saturated rings. The van der Waals surface area contributed by atoms with Crippen LogP contribution in [0.1, 0.15) is 24.8 Å². The van der Waals surface area contributed by atoms with Crippen molar-refractivity contribution >= 4 is 29.9 Å². The Morgan fingerprint density at radius 2 is 2.18 bits per heavy atom. The molecule has 1 aromatic carbocycles. The van der Waals surface area contributed by atoms with Gasteiger partial charge in [0.05, 0.1) is 0 Å². The lowest BCUT2D eigenvalue weighted by Gasteiger charge is -2.21. The number of halogens is 2. The van der Waals surface area contributed by atoms with Crippen molar-refractivity contribution in [2.75, 3.05) is 27.2 Å². The predicted molar refractivity (Wildman–Crippen MR) is 104 cm³/mol. The third kappa shape index (κ3) is 8.36. The highest BCUT2D eigenvalue weighted by Crippen LogP contribution is 2.05. The minimum Gasteiger partial charge on any atom is -0.356 e. The first-order valence-corrected chi connectivity index (χ1v) is 7.44. The highest BCUT2D eigenvalue weighted by molar-refractivity contribution is 14.0. The zero-order valence-electron chi connectivity index (χ0n) is 13.5. The Bertz CT molecular complexity index is 463. The van der Waals surface area contributed by atoms with Crippen LogP contribution in [0.15, 0.2) is 41.9 Å². The Morgan fingerprint density at radius 3 is 2.82 bits per heavy atom. The molecule has 124 valence electrons. The number of aliphatic imine (C=N–C) groups is 1. The number of hydrogen-bond donors (Lipinski definition) is 1. The van der Waals surface area contributed by atoms with Crippen molar-refractivity contribution in [2.45, 2.75) is 25.7 Å². The number of rotatable bonds is 8. The highest BCUT2D eigenvalue weighted by Gasteiger charge is 2.04. The van der Waals surface area contributed by atoms with E-state index in [-0.39, 0.29) is 29.8 Å².